The van der Waals surface area contributed by atoms with E-state index in [9.17, 15) is 0 Å². The van der Waals surface area contributed by atoms with Crippen molar-refractivity contribution in [2.45, 2.75) is 41.2 Å². The molecule has 0 spiro atoms. The lowest BCUT2D eigenvalue weighted by atomic mass is 10.2. The van der Waals surface area contributed by atoms with Crippen molar-refractivity contribution >= 4 is 58.2 Å². The zero-order valence-corrected chi connectivity index (χ0v) is 61.5. The molecule has 0 unspecified atom stereocenters. The minimum Gasteiger partial charge on any atom is -0.494 e. The fourth-order valence-corrected chi connectivity index (χ4v) is 10.6. The van der Waals surface area contributed by atoms with Crippen LogP contribution in [-0.2, 0) is 0 Å². The van der Waals surface area contributed by atoms with Crippen LogP contribution < -0.4 is 64.5 Å². The normalized spacial score (nSPS) is 10.8. The molecule has 6 heterocycles. The van der Waals surface area contributed by atoms with Crippen LogP contribution in [0.4, 0.5) is 58.2 Å². The number of fused-ring (bicyclic) bond motifs is 1. The zero-order chi connectivity index (χ0) is 76.1. The van der Waals surface area contributed by atoms with Gasteiger partial charge in [0.25, 0.3) is 0 Å². The molecule has 0 atom stereocenters. The van der Waals surface area contributed by atoms with Gasteiger partial charge in [-0.05, 0) is 149 Å². The third-order valence-electron chi connectivity index (χ3n) is 15.6. The number of ether oxygens (including phenoxy) is 8. The molecule has 111 heavy (non-hydrogen) atoms. The molecule has 566 valence electrons. The summed E-state index contributed by atoms with van der Waals surface area (Å²) in [5, 5.41) is 37.9. The van der Waals surface area contributed by atoms with Crippen LogP contribution in [-0.4, -0.2) is 128 Å². The van der Waals surface area contributed by atoms with E-state index < -0.39 is 0 Å². The molecule has 0 saturated heterocycles. The van der Waals surface area contributed by atoms with Gasteiger partial charge in [-0.1, -0.05) is 111 Å². The van der Waals surface area contributed by atoms with Gasteiger partial charge in [-0.3, -0.25) is 0 Å². The third-order valence-corrected chi connectivity index (χ3v) is 15.6. The number of anilines is 10. The van der Waals surface area contributed by atoms with Crippen LogP contribution in [0.25, 0.3) is 28.4 Å². The molecule has 15 aromatic rings. The fourth-order valence-electron chi connectivity index (χ4n) is 10.6. The zero-order valence-electron chi connectivity index (χ0n) is 61.5. The minimum absolute atomic E-state index is 0. The monoisotopic (exact) mass is 1490 g/mol. The first-order valence-corrected chi connectivity index (χ1v) is 35.2. The molecule has 28 nitrogen and oxygen atoms in total. The molecule has 5 aromatic heterocycles. The summed E-state index contributed by atoms with van der Waals surface area (Å²) in [6, 6.07) is 81.7. The Morgan fingerprint density at radius 3 is 1.04 bits per heavy atom. The summed E-state index contributed by atoms with van der Waals surface area (Å²) < 4.78 is 52.2. The van der Waals surface area contributed by atoms with Crippen molar-refractivity contribution in [2.24, 2.45) is 0 Å². The van der Waals surface area contributed by atoms with Gasteiger partial charge in [0.05, 0.1) is 69.1 Å². The Kier molecular flexibility index (Phi) is 27.6. The molecule has 5 N–H and O–H groups in total. The first kappa shape index (κ1) is 77.4. The number of methoxy groups -OCH3 is 3. The van der Waals surface area contributed by atoms with Gasteiger partial charge in [0.15, 0.2) is 23.0 Å². The van der Waals surface area contributed by atoms with E-state index >= 15 is 0 Å². The van der Waals surface area contributed by atoms with E-state index in [1.807, 2.05) is 270 Å². The predicted molar refractivity (Wildman–Crippen MR) is 431 cm³/mol. The largest absolute Gasteiger partial charge is 0.494 e. The first-order chi connectivity index (χ1) is 54.0. The summed E-state index contributed by atoms with van der Waals surface area (Å²) in [7, 11) is 4.71. The van der Waals surface area contributed by atoms with Crippen molar-refractivity contribution in [1.82, 2.24) is 73.8 Å². The molecule has 28 heteroatoms. The van der Waals surface area contributed by atoms with Gasteiger partial charge < -0.3 is 64.5 Å². The first-order valence-electron chi connectivity index (χ1n) is 35.2. The van der Waals surface area contributed by atoms with Gasteiger partial charge in [-0.15, -0.1) is 25.5 Å². The van der Waals surface area contributed by atoms with E-state index in [1.54, 1.807) is 88.5 Å². The maximum atomic E-state index is 5.68. The van der Waals surface area contributed by atoms with Crippen LogP contribution in [0.1, 0.15) is 35.1 Å². The van der Waals surface area contributed by atoms with Crippen LogP contribution >= 0.6 is 0 Å². The van der Waals surface area contributed by atoms with Gasteiger partial charge >= 0.3 is 0 Å². The summed E-state index contributed by atoms with van der Waals surface area (Å²) >= 11 is 0. The molecule has 0 aliphatic carbocycles. The SMILES string of the molecule is C.CC(C)Oc1cccc(Nc2ncn(-c3ccccc3)n2)c1.CCOc1ccc(Nc2ncn(-c3ccccc3)n2)cc1.CCOc1cccc(Nc2ncn(-c3ccccc3)n2)c1.COc1cc(Nc2ncn(-c3ccccc3)n2)cc(OC)c1OC.c1ccc(-n2cnc(Nc3ccc4c(c3)OCCO4)n2)cc1. The van der Waals surface area contributed by atoms with Crippen molar-refractivity contribution < 1.29 is 37.9 Å². The number of nitrogens with zero attached hydrogens (tertiary/aromatic N) is 15. The molecule has 0 saturated carbocycles. The maximum Gasteiger partial charge on any atom is 0.246 e. The average molecular weight is 1490 g/mol. The molecule has 10 aromatic carbocycles. The molecule has 0 amide bonds. The Morgan fingerprint density at radius 1 is 0.333 bits per heavy atom. The van der Waals surface area contributed by atoms with E-state index in [-0.39, 0.29) is 13.5 Å². The Labute approximate surface area is 643 Å². The molecule has 16 rings (SSSR count). The summed E-state index contributed by atoms with van der Waals surface area (Å²) in [4.78, 5) is 21.3. The second kappa shape index (κ2) is 39.6. The molecule has 0 bridgehead atoms. The fraction of sp³-hybridized carbons (Fsp3) is 0.157. The highest BCUT2D eigenvalue weighted by atomic mass is 16.6. The molecule has 0 radical (unpaired) electrons. The van der Waals surface area contributed by atoms with Gasteiger partial charge in [0, 0.05) is 58.8 Å². The standard InChI is InChI=1S/C17H18N4O3.C17H18N4O.C16H14N4O2.2C16H16N4O.CH4/c1-22-14-9-12(10-15(23-2)16(14)24-3)19-17-18-11-21(20-17)13-7-5-4-6-8-13;1-13(2)22-16-10-6-7-14(11-16)19-17-18-12-21(20-17)15-8-4-3-5-9-15;1-2-4-13(5-3-1)20-11-17-16(19-20)18-12-6-7-14-15(10-12)22-9-8-21-14;1-2-21-15-10-6-7-13(11-15)18-16-17-12-20(19-16)14-8-4-3-5-9-14;1-2-21-15-10-8-13(9-11-15)18-16-17-12-20(19-16)14-6-4-3-5-7-14;/h4-11H,1-3H3,(H,19,20);3-13H,1-2H3,(H,19,20);1-7,10-11H,8-9H2,(H,18,19);2*3-12H,2H2,1H3,(H,18,19);1H4. The van der Waals surface area contributed by atoms with Gasteiger partial charge in [-0.25, -0.2) is 23.4 Å². The van der Waals surface area contributed by atoms with Crippen LogP contribution in [0.15, 0.2) is 286 Å². The highest BCUT2D eigenvalue weighted by Gasteiger charge is 2.17. The molecule has 0 fully saturated rings. The molecular formula is C83H86N20O8. The van der Waals surface area contributed by atoms with Crippen molar-refractivity contribution in [3.8, 4) is 74.4 Å². The summed E-state index contributed by atoms with van der Waals surface area (Å²) in [5.74, 6) is 8.29. The van der Waals surface area contributed by atoms with E-state index in [1.165, 1.54) is 0 Å². The van der Waals surface area contributed by atoms with Crippen LogP contribution in [0.3, 0.4) is 0 Å². The number of hydrogen-bond donors (Lipinski definition) is 5. The van der Waals surface area contributed by atoms with Gasteiger partial charge in [0.2, 0.25) is 35.5 Å². The molecule has 1 aliphatic heterocycles. The summed E-state index contributed by atoms with van der Waals surface area (Å²) in [6.45, 7) is 10.4. The number of hydrogen-bond acceptors (Lipinski definition) is 23. The van der Waals surface area contributed by atoms with E-state index in [4.69, 9.17) is 37.9 Å². The van der Waals surface area contributed by atoms with Crippen molar-refractivity contribution in [1.29, 1.82) is 0 Å². The second-order valence-electron chi connectivity index (χ2n) is 23.8. The quantitative estimate of drug-likeness (QED) is 0.0376. The lowest BCUT2D eigenvalue weighted by molar-refractivity contribution is 0.171. The molecule has 1 aliphatic rings. The second-order valence-corrected chi connectivity index (χ2v) is 23.8. The smallest absolute Gasteiger partial charge is 0.246 e. The Morgan fingerprint density at radius 2 is 0.667 bits per heavy atom. The number of benzene rings is 10. The van der Waals surface area contributed by atoms with E-state index in [0.29, 0.717) is 73.4 Å². The highest BCUT2D eigenvalue weighted by molar-refractivity contribution is 5.66. The minimum atomic E-state index is 0. The topological polar surface area (TPSA) is 288 Å². The summed E-state index contributed by atoms with van der Waals surface area (Å²) in [5.41, 5.74) is 9.12. The average Bonchev–Trinajstić information content (AvgIpc) is 1.75. The summed E-state index contributed by atoms with van der Waals surface area (Å²) in [6.07, 6.45) is 8.53. The third kappa shape index (κ3) is 22.4. The number of rotatable bonds is 24. The molecular weight excluding hydrogens is 1410 g/mol. The predicted octanol–water partition coefficient (Wildman–Crippen LogP) is 17.1. The van der Waals surface area contributed by atoms with E-state index in [2.05, 4.69) is 77.0 Å². The number of aromatic nitrogens is 15. The van der Waals surface area contributed by atoms with E-state index in [0.717, 1.165) is 85.6 Å². The Bertz CT molecular complexity index is 5240. The Hall–Kier alpha value is -14.7. The van der Waals surface area contributed by atoms with Gasteiger partial charge in [-0.2, -0.15) is 24.9 Å². The van der Waals surface area contributed by atoms with Crippen LogP contribution in [0.5, 0.6) is 46.0 Å². The highest BCUT2D eigenvalue weighted by Crippen LogP contribution is 2.41. The van der Waals surface area contributed by atoms with Crippen LogP contribution in [0, 0.1) is 0 Å². The maximum absolute atomic E-state index is 5.68. The van der Waals surface area contributed by atoms with Gasteiger partial charge in [0.1, 0.15) is 62.1 Å². The Balaban J connectivity index is 0.000000137. The lowest BCUT2D eigenvalue weighted by Gasteiger charge is -2.18. The van der Waals surface area contributed by atoms with Crippen LogP contribution in [0.2, 0.25) is 0 Å². The number of para-hydroxylation sites is 5. The van der Waals surface area contributed by atoms with Crippen molar-refractivity contribution in [2.75, 3.05) is 74.3 Å². The lowest BCUT2D eigenvalue weighted by Crippen LogP contribution is -2.15. The van der Waals surface area contributed by atoms with Crippen molar-refractivity contribution in [3.63, 3.8) is 0 Å². The van der Waals surface area contributed by atoms with Crippen molar-refractivity contribution in [3.05, 3.63) is 286 Å². The number of nitrogens with one attached hydrogen (secondary N) is 5.